The number of aldehydes is 1. The number of benzene rings is 1. The Morgan fingerprint density at radius 3 is 2.58 bits per heavy atom. The summed E-state index contributed by atoms with van der Waals surface area (Å²) in [5.74, 6) is -0.716. The van der Waals surface area contributed by atoms with Gasteiger partial charge in [-0.05, 0) is 29.8 Å². The minimum Gasteiger partial charge on any atom is -0.508 e. The molecule has 0 saturated heterocycles. The first-order chi connectivity index (χ1) is 9.01. The van der Waals surface area contributed by atoms with E-state index >= 15 is 0 Å². The normalized spacial score (nSPS) is 10.1. The quantitative estimate of drug-likeness (QED) is 0.707. The number of hydrogen-bond acceptors (Lipinski definition) is 5. The number of nitrogens with zero attached hydrogens (tertiary/aromatic N) is 1. The SMILES string of the molecule is NC(=O)c1cc(-c2cc(O)cc(C=O)c2)cnc1N. The van der Waals surface area contributed by atoms with Crippen LogP contribution in [0.1, 0.15) is 20.7 Å². The van der Waals surface area contributed by atoms with Crippen LogP contribution in [0.25, 0.3) is 11.1 Å². The number of nitrogens with two attached hydrogens (primary N) is 2. The Labute approximate surface area is 108 Å². The van der Waals surface area contributed by atoms with Gasteiger partial charge in [-0.1, -0.05) is 0 Å². The summed E-state index contributed by atoms with van der Waals surface area (Å²) in [6, 6.07) is 5.81. The molecule has 0 saturated carbocycles. The summed E-state index contributed by atoms with van der Waals surface area (Å²) >= 11 is 0. The zero-order chi connectivity index (χ0) is 14.0. The number of hydrogen-bond donors (Lipinski definition) is 3. The van der Waals surface area contributed by atoms with Crippen molar-refractivity contribution in [3.8, 4) is 16.9 Å². The Hall–Kier alpha value is -2.89. The molecule has 6 heteroatoms. The summed E-state index contributed by atoms with van der Waals surface area (Å²) in [6.45, 7) is 0. The molecule has 2 aromatic rings. The monoisotopic (exact) mass is 257 g/mol. The lowest BCUT2D eigenvalue weighted by Crippen LogP contribution is -2.14. The highest BCUT2D eigenvalue weighted by atomic mass is 16.3. The van der Waals surface area contributed by atoms with Crippen LogP contribution in [0.2, 0.25) is 0 Å². The first-order valence-corrected chi connectivity index (χ1v) is 5.36. The van der Waals surface area contributed by atoms with Crippen LogP contribution in [0, 0.1) is 0 Å². The van der Waals surface area contributed by atoms with Crippen LogP contribution >= 0.6 is 0 Å². The fourth-order valence-electron chi connectivity index (χ4n) is 1.70. The van der Waals surface area contributed by atoms with Crippen molar-refractivity contribution in [2.24, 2.45) is 5.73 Å². The second-order valence-corrected chi connectivity index (χ2v) is 3.95. The molecule has 0 spiro atoms. The van der Waals surface area contributed by atoms with E-state index in [2.05, 4.69) is 4.98 Å². The van der Waals surface area contributed by atoms with Gasteiger partial charge in [-0.25, -0.2) is 4.98 Å². The van der Waals surface area contributed by atoms with Crippen LogP contribution in [-0.4, -0.2) is 22.3 Å². The average Bonchev–Trinajstić information content (AvgIpc) is 2.38. The Morgan fingerprint density at radius 2 is 1.95 bits per heavy atom. The van der Waals surface area contributed by atoms with E-state index in [1.54, 1.807) is 6.07 Å². The molecule has 19 heavy (non-hydrogen) atoms. The number of primary amides is 1. The molecular weight excluding hydrogens is 246 g/mol. The zero-order valence-electron chi connectivity index (χ0n) is 9.83. The molecule has 0 aliphatic rings. The van der Waals surface area contributed by atoms with Crippen LogP contribution in [0.15, 0.2) is 30.5 Å². The molecule has 1 aromatic heterocycles. The van der Waals surface area contributed by atoms with E-state index in [4.69, 9.17) is 11.5 Å². The summed E-state index contributed by atoms with van der Waals surface area (Å²) in [5.41, 5.74) is 12.2. The molecule has 0 unspecified atom stereocenters. The number of pyridine rings is 1. The van der Waals surface area contributed by atoms with Gasteiger partial charge in [0.05, 0.1) is 5.56 Å². The number of phenolic OH excluding ortho intramolecular Hbond substituents is 1. The van der Waals surface area contributed by atoms with E-state index in [9.17, 15) is 14.7 Å². The minimum absolute atomic E-state index is 0.0343. The topological polar surface area (TPSA) is 119 Å². The highest BCUT2D eigenvalue weighted by Gasteiger charge is 2.10. The second-order valence-electron chi connectivity index (χ2n) is 3.95. The molecule has 0 aliphatic heterocycles. The van der Waals surface area contributed by atoms with Gasteiger partial charge in [0, 0.05) is 17.3 Å². The van der Waals surface area contributed by atoms with Crippen molar-refractivity contribution >= 4 is 18.0 Å². The number of carbonyl (C=O) groups excluding carboxylic acids is 2. The number of aromatic hydroxyl groups is 1. The minimum atomic E-state index is -0.692. The number of phenols is 1. The van der Waals surface area contributed by atoms with Gasteiger partial charge in [0.2, 0.25) is 0 Å². The molecule has 0 aliphatic carbocycles. The van der Waals surface area contributed by atoms with Crippen molar-refractivity contribution < 1.29 is 14.7 Å². The lowest BCUT2D eigenvalue weighted by molar-refractivity contribution is 0.100. The van der Waals surface area contributed by atoms with Crippen molar-refractivity contribution in [2.75, 3.05) is 5.73 Å². The van der Waals surface area contributed by atoms with E-state index in [0.29, 0.717) is 23.0 Å². The fraction of sp³-hybridized carbons (Fsp3) is 0. The number of anilines is 1. The van der Waals surface area contributed by atoms with Crippen molar-refractivity contribution in [3.05, 3.63) is 41.6 Å². The Kier molecular flexibility index (Phi) is 3.15. The average molecular weight is 257 g/mol. The highest BCUT2D eigenvalue weighted by Crippen LogP contribution is 2.26. The van der Waals surface area contributed by atoms with Crippen molar-refractivity contribution in [1.29, 1.82) is 0 Å². The standard InChI is InChI=1S/C13H11N3O3/c14-12-11(13(15)19)4-9(5-16-12)8-1-7(6-17)2-10(18)3-8/h1-6,18H,(H2,14,16)(H2,15,19). The molecule has 1 amide bonds. The molecule has 0 bridgehead atoms. The summed E-state index contributed by atoms with van der Waals surface area (Å²) < 4.78 is 0. The molecule has 1 aromatic carbocycles. The van der Waals surface area contributed by atoms with Crippen molar-refractivity contribution in [1.82, 2.24) is 4.98 Å². The predicted molar refractivity (Wildman–Crippen MR) is 69.7 cm³/mol. The smallest absolute Gasteiger partial charge is 0.252 e. The summed E-state index contributed by atoms with van der Waals surface area (Å²) in [4.78, 5) is 25.8. The summed E-state index contributed by atoms with van der Waals surface area (Å²) in [5, 5.41) is 9.52. The number of aromatic nitrogens is 1. The van der Waals surface area contributed by atoms with Gasteiger partial charge < -0.3 is 16.6 Å². The van der Waals surface area contributed by atoms with E-state index in [1.165, 1.54) is 24.4 Å². The molecule has 1 heterocycles. The molecule has 2 rings (SSSR count). The lowest BCUT2D eigenvalue weighted by Gasteiger charge is -2.06. The van der Waals surface area contributed by atoms with Crippen LogP contribution < -0.4 is 11.5 Å². The largest absolute Gasteiger partial charge is 0.508 e. The van der Waals surface area contributed by atoms with Crippen LogP contribution in [0.4, 0.5) is 5.82 Å². The molecule has 0 radical (unpaired) electrons. The third kappa shape index (κ3) is 2.52. The van der Waals surface area contributed by atoms with Crippen LogP contribution in [-0.2, 0) is 0 Å². The number of amides is 1. The molecule has 5 N–H and O–H groups in total. The van der Waals surface area contributed by atoms with Gasteiger partial charge in [0.25, 0.3) is 5.91 Å². The van der Waals surface area contributed by atoms with Crippen LogP contribution in [0.5, 0.6) is 5.75 Å². The van der Waals surface area contributed by atoms with Gasteiger partial charge in [-0.15, -0.1) is 0 Å². The van der Waals surface area contributed by atoms with Crippen molar-refractivity contribution in [3.63, 3.8) is 0 Å². The van der Waals surface area contributed by atoms with Crippen LogP contribution in [0.3, 0.4) is 0 Å². The number of carbonyl (C=O) groups is 2. The van der Waals surface area contributed by atoms with E-state index in [1.807, 2.05) is 0 Å². The summed E-state index contributed by atoms with van der Waals surface area (Å²) in [7, 11) is 0. The van der Waals surface area contributed by atoms with Crippen molar-refractivity contribution in [2.45, 2.75) is 0 Å². The Bertz CT molecular complexity index is 668. The van der Waals surface area contributed by atoms with Gasteiger partial charge in [-0.3, -0.25) is 9.59 Å². The van der Waals surface area contributed by atoms with Gasteiger partial charge in [0.1, 0.15) is 17.9 Å². The molecule has 0 atom stereocenters. The third-order valence-electron chi connectivity index (χ3n) is 2.59. The van der Waals surface area contributed by atoms with E-state index < -0.39 is 5.91 Å². The number of rotatable bonds is 3. The first kappa shape index (κ1) is 12.6. The zero-order valence-corrected chi connectivity index (χ0v) is 9.83. The second kappa shape index (κ2) is 4.77. The predicted octanol–water partition coefficient (Wildman–Crippen LogP) is 0.948. The molecule has 96 valence electrons. The maximum absolute atomic E-state index is 11.2. The van der Waals surface area contributed by atoms with Gasteiger partial charge in [-0.2, -0.15) is 0 Å². The molecular formula is C13H11N3O3. The van der Waals surface area contributed by atoms with E-state index in [-0.39, 0.29) is 17.1 Å². The molecule has 6 nitrogen and oxygen atoms in total. The van der Waals surface area contributed by atoms with Gasteiger partial charge in [0.15, 0.2) is 0 Å². The number of nitrogen functional groups attached to an aromatic ring is 1. The molecule has 0 fully saturated rings. The summed E-state index contributed by atoms with van der Waals surface area (Å²) in [6.07, 6.45) is 2.05. The maximum Gasteiger partial charge on any atom is 0.252 e. The van der Waals surface area contributed by atoms with E-state index in [0.717, 1.165) is 0 Å². The lowest BCUT2D eigenvalue weighted by atomic mass is 10.0. The Morgan fingerprint density at radius 1 is 1.21 bits per heavy atom. The third-order valence-corrected chi connectivity index (χ3v) is 2.59. The fourth-order valence-corrected chi connectivity index (χ4v) is 1.70. The first-order valence-electron chi connectivity index (χ1n) is 5.36. The maximum atomic E-state index is 11.2. The highest BCUT2D eigenvalue weighted by molar-refractivity contribution is 5.98. The Balaban J connectivity index is 2.59. The van der Waals surface area contributed by atoms with Gasteiger partial charge >= 0.3 is 0 Å².